The van der Waals surface area contributed by atoms with Gasteiger partial charge in [0, 0.05) is 24.5 Å². The Labute approximate surface area is 198 Å². The number of rotatable bonds is 6. The molecule has 0 bridgehead atoms. The van der Waals surface area contributed by atoms with E-state index in [2.05, 4.69) is 15.5 Å². The van der Waals surface area contributed by atoms with Gasteiger partial charge in [-0.1, -0.05) is 48.5 Å². The molecule has 1 unspecified atom stereocenters. The highest BCUT2D eigenvalue weighted by Gasteiger charge is 2.35. The predicted molar refractivity (Wildman–Crippen MR) is 131 cm³/mol. The van der Waals surface area contributed by atoms with Crippen LogP contribution in [0.25, 0.3) is 11.1 Å². The lowest BCUT2D eigenvalue weighted by Crippen LogP contribution is -2.47. The Morgan fingerprint density at radius 1 is 0.912 bits per heavy atom. The number of ether oxygens (including phenoxy) is 1. The first-order valence-corrected chi connectivity index (χ1v) is 11.5. The van der Waals surface area contributed by atoms with Crippen molar-refractivity contribution < 1.29 is 19.4 Å². The molecule has 5 rings (SSSR count). The third-order valence-electron chi connectivity index (χ3n) is 6.42. The number of benzene rings is 3. The summed E-state index contributed by atoms with van der Waals surface area (Å²) < 4.78 is 5.39. The van der Waals surface area contributed by atoms with Gasteiger partial charge in [0.15, 0.2) is 0 Å². The van der Waals surface area contributed by atoms with Gasteiger partial charge < -0.3 is 25.4 Å². The Morgan fingerprint density at radius 2 is 1.50 bits per heavy atom. The van der Waals surface area contributed by atoms with E-state index in [1.165, 1.54) is 0 Å². The monoisotopic (exact) mass is 457 g/mol. The zero-order chi connectivity index (χ0) is 23.5. The van der Waals surface area contributed by atoms with E-state index >= 15 is 0 Å². The fraction of sp³-hybridized carbons (Fsp3) is 0.259. The standard InChI is InChI=1S/C27H27N3O4/c31-17-24(26(32)28-18-9-11-19(12-10-18)30-13-15-34-16-14-30)29-27(33)25-22-7-3-1-5-20(22)21-6-2-4-8-23(21)25/h1-12,24-25,31H,13-17H2,(H,28,32)(H,29,33). The van der Waals surface area contributed by atoms with Crippen molar-refractivity contribution in [2.45, 2.75) is 12.0 Å². The molecule has 1 aliphatic heterocycles. The average molecular weight is 458 g/mol. The van der Waals surface area contributed by atoms with Crippen LogP contribution in [-0.2, 0) is 14.3 Å². The predicted octanol–water partition coefficient (Wildman–Crippen LogP) is 2.75. The first kappa shape index (κ1) is 22.1. The quantitative estimate of drug-likeness (QED) is 0.530. The van der Waals surface area contributed by atoms with Crippen LogP contribution in [0.5, 0.6) is 0 Å². The van der Waals surface area contributed by atoms with E-state index in [1.54, 1.807) is 0 Å². The largest absolute Gasteiger partial charge is 0.394 e. The van der Waals surface area contributed by atoms with E-state index in [1.807, 2.05) is 72.8 Å². The Morgan fingerprint density at radius 3 is 2.09 bits per heavy atom. The van der Waals surface area contributed by atoms with Crippen molar-refractivity contribution in [2.24, 2.45) is 0 Å². The van der Waals surface area contributed by atoms with Crippen molar-refractivity contribution in [3.63, 3.8) is 0 Å². The fourth-order valence-corrected chi connectivity index (χ4v) is 4.69. The van der Waals surface area contributed by atoms with Gasteiger partial charge in [-0.2, -0.15) is 0 Å². The maximum Gasteiger partial charge on any atom is 0.249 e. The summed E-state index contributed by atoms with van der Waals surface area (Å²) >= 11 is 0. The molecule has 1 aliphatic carbocycles. The second kappa shape index (κ2) is 9.67. The number of morpholine rings is 1. The number of aliphatic hydroxyl groups is 1. The second-order valence-corrected chi connectivity index (χ2v) is 8.49. The summed E-state index contributed by atoms with van der Waals surface area (Å²) in [4.78, 5) is 28.4. The number of hydrogen-bond donors (Lipinski definition) is 3. The third-order valence-corrected chi connectivity index (χ3v) is 6.42. The minimum atomic E-state index is -1.06. The summed E-state index contributed by atoms with van der Waals surface area (Å²) in [5.74, 6) is -1.30. The number of fused-ring (bicyclic) bond motifs is 3. The molecule has 2 aliphatic rings. The zero-order valence-corrected chi connectivity index (χ0v) is 18.7. The summed E-state index contributed by atoms with van der Waals surface area (Å²) in [7, 11) is 0. The third kappa shape index (κ3) is 4.27. The van der Waals surface area contributed by atoms with Crippen LogP contribution in [0.2, 0.25) is 0 Å². The summed E-state index contributed by atoms with van der Waals surface area (Å²) in [6.07, 6.45) is 0. The van der Waals surface area contributed by atoms with E-state index in [0.29, 0.717) is 18.9 Å². The first-order valence-electron chi connectivity index (χ1n) is 11.5. The average Bonchev–Trinajstić information content (AvgIpc) is 3.22. The highest BCUT2D eigenvalue weighted by molar-refractivity contribution is 6.01. The number of nitrogens with one attached hydrogen (secondary N) is 2. The van der Waals surface area contributed by atoms with Crippen molar-refractivity contribution in [3.8, 4) is 11.1 Å². The van der Waals surface area contributed by atoms with Crippen LogP contribution in [0.4, 0.5) is 11.4 Å². The van der Waals surface area contributed by atoms with Crippen LogP contribution >= 0.6 is 0 Å². The van der Waals surface area contributed by atoms with Crippen molar-refractivity contribution in [2.75, 3.05) is 43.1 Å². The minimum Gasteiger partial charge on any atom is -0.394 e. The van der Waals surface area contributed by atoms with E-state index in [4.69, 9.17) is 4.74 Å². The molecule has 3 N–H and O–H groups in total. The van der Waals surface area contributed by atoms with E-state index in [-0.39, 0.29) is 5.91 Å². The minimum absolute atomic E-state index is 0.311. The second-order valence-electron chi connectivity index (χ2n) is 8.49. The van der Waals surface area contributed by atoms with Crippen LogP contribution < -0.4 is 15.5 Å². The highest BCUT2D eigenvalue weighted by Crippen LogP contribution is 2.44. The lowest BCUT2D eigenvalue weighted by molar-refractivity contribution is -0.127. The van der Waals surface area contributed by atoms with Gasteiger partial charge in [0.05, 0.1) is 25.7 Å². The molecule has 0 saturated carbocycles. The number of carbonyl (C=O) groups excluding carboxylic acids is 2. The molecule has 0 spiro atoms. The molecule has 7 heteroatoms. The SMILES string of the molecule is O=C(Nc1ccc(N2CCOCC2)cc1)C(CO)NC(=O)C1c2ccccc2-c2ccccc21. The number of hydrogen-bond acceptors (Lipinski definition) is 5. The van der Waals surface area contributed by atoms with Gasteiger partial charge >= 0.3 is 0 Å². The number of anilines is 2. The molecule has 3 aromatic rings. The first-order chi connectivity index (χ1) is 16.7. The molecule has 1 saturated heterocycles. The van der Waals surface area contributed by atoms with Crippen LogP contribution in [0, 0.1) is 0 Å². The van der Waals surface area contributed by atoms with Gasteiger partial charge in [-0.3, -0.25) is 9.59 Å². The van der Waals surface area contributed by atoms with E-state index in [0.717, 1.165) is 41.0 Å². The van der Waals surface area contributed by atoms with Crippen LogP contribution in [-0.4, -0.2) is 55.9 Å². The molecule has 174 valence electrons. The van der Waals surface area contributed by atoms with Crippen LogP contribution in [0.15, 0.2) is 72.8 Å². The molecular weight excluding hydrogens is 430 g/mol. The topological polar surface area (TPSA) is 90.9 Å². The van der Waals surface area contributed by atoms with Crippen molar-refractivity contribution in [1.29, 1.82) is 0 Å². The molecule has 1 heterocycles. The molecule has 0 aromatic heterocycles. The normalized spacial score (nSPS) is 15.9. The van der Waals surface area contributed by atoms with Gasteiger partial charge in [0.2, 0.25) is 11.8 Å². The van der Waals surface area contributed by atoms with Crippen LogP contribution in [0.1, 0.15) is 17.0 Å². The Bertz CT molecular complexity index is 1140. The van der Waals surface area contributed by atoms with Crippen molar-refractivity contribution >= 4 is 23.2 Å². The van der Waals surface area contributed by atoms with E-state index in [9.17, 15) is 14.7 Å². The highest BCUT2D eigenvalue weighted by atomic mass is 16.5. The summed E-state index contributed by atoms with van der Waals surface area (Å²) in [6.45, 7) is 2.56. The number of carbonyl (C=O) groups is 2. The summed E-state index contributed by atoms with van der Waals surface area (Å²) in [6, 6.07) is 22.0. The lowest BCUT2D eigenvalue weighted by Gasteiger charge is -2.29. The molecule has 0 radical (unpaired) electrons. The molecule has 3 aromatic carbocycles. The van der Waals surface area contributed by atoms with Gasteiger partial charge in [-0.15, -0.1) is 0 Å². The summed E-state index contributed by atoms with van der Waals surface area (Å²) in [5, 5.41) is 15.4. The smallest absolute Gasteiger partial charge is 0.249 e. The molecule has 7 nitrogen and oxygen atoms in total. The summed E-state index contributed by atoms with van der Waals surface area (Å²) in [5.41, 5.74) is 5.50. The van der Waals surface area contributed by atoms with Gasteiger partial charge in [0.25, 0.3) is 0 Å². The molecule has 2 amide bonds. The Kier molecular flexibility index (Phi) is 6.29. The number of amides is 2. The fourth-order valence-electron chi connectivity index (χ4n) is 4.69. The molecular formula is C27H27N3O4. The Hall–Kier alpha value is -3.68. The maximum absolute atomic E-state index is 13.3. The van der Waals surface area contributed by atoms with Gasteiger partial charge in [-0.25, -0.2) is 0 Å². The number of nitrogens with zero attached hydrogens (tertiary/aromatic N) is 1. The molecule has 34 heavy (non-hydrogen) atoms. The Balaban J connectivity index is 1.27. The van der Waals surface area contributed by atoms with Gasteiger partial charge in [-0.05, 0) is 46.5 Å². The van der Waals surface area contributed by atoms with Crippen molar-refractivity contribution in [1.82, 2.24) is 5.32 Å². The zero-order valence-electron chi connectivity index (χ0n) is 18.7. The van der Waals surface area contributed by atoms with Crippen LogP contribution in [0.3, 0.4) is 0 Å². The molecule has 1 fully saturated rings. The molecule has 1 atom stereocenters. The maximum atomic E-state index is 13.3. The van der Waals surface area contributed by atoms with E-state index < -0.39 is 24.5 Å². The van der Waals surface area contributed by atoms with Crippen molar-refractivity contribution in [3.05, 3.63) is 83.9 Å². The van der Waals surface area contributed by atoms with Gasteiger partial charge in [0.1, 0.15) is 6.04 Å². The lowest BCUT2D eigenvalue weighted by atomic mass is 9.95. The number of aliphatic hydroxyl groups excluding tert-OH is 1.